The van der Waals surface area contributed by atoms with Gasteiger partial charge in [0, 0.05) is 37.3 Å². The highest BCUT2D eigenvalue weighted by atomic mass is 19.4. The molecule has 0 bridgehead atoms. The van der Waals surface area contributed by atoms with Crippen LogP contribution in [0.15, 0.2) is 42.9 Å². The van der Waals surface area contributed by atoms with E-state index in [1.165, 1.54) is 13.3 Å². The zero-order valence-electron chi connectivity index (χ0n) is 18.3. The number of nitrogens with one attached hydrogen (secondary N) is 1. The topological polar surface area (TPSA) is 53.9 Å². The molecule has 1 aliphatic heterocycles. The van der Waals surface area contributed by atoms with E-state index in [9.17, 15) is 26.3 Å². The van der Waals surface area contributed by atoms with Crippen molar-refractivity contribution in [1.82, 2.24) is 15.0 Å². The van der Waals surface area contributed by atoms with Crippen LogP contribution >= 0.6 is 0 Å². The average Bonchev–Trinajstić information content (AvgIpc) is 2.78. The highest BCUT2D eigenvalue weighted by Crippen LogP contribution is 2.38. The molecule has 5 nitrogen and oxygen atoms in total. The SMILES string of the molecule is Cc1ccc(N2CCc3ncnc(NC(C)c4cc(C(F)(F)F)cc(C(F)(F)F)c4)c3C2)nc1. The van der Waals surface area contributed by atoms with Gasteiger partial charge in [0.25, 0.3) is 0 Å². The fourth-order valence-electron chi connectivity index (χ4n) is 3.83. The molecule has 1 unspecified atom stereocenters. The minimum Gasteiger partial charge on any atom is -0.363 e. The van der Waals surface area contributed by atoms with Crippen LogP contribution in [0.25, 0.3) is 0 Å². The Morgan fingerprint density at radius 2 is 1.62 bits per heavy atom. The van der Waals surface area contributed by atoms with Crippen LogP contribution in [-0.2, 0) is 25.3 Å². The van der Waals surface area contributed by atoms with E-state index in [1.807, 2.05) is 24.0 Å². The maximum Gasteiger partial charge on any atom is 0.416 e. The molecule has 4 rings (SSSR count). The third kappa shape index (κ3) is 5.07. The van der Waals surface area contributed by atoms with Crippen molar-refractivity contribution in [3.8, 4) is 0 Å². The summed E-state index contributed by atoms with van der Waals surface area (Å²) < 4.78 is 79.6. The molecule has 3 heterocycles. The van der Waals surface area contributed by atoms with Gasteiger partial charge in [0.1, 0.15) is 18.0 Å². The standard InChI is InChI=1S/C23H21F6N5/c1-13-3-4-20(30-10-13)34-6-5-19-18(11-34)21(32-12-31-19)33-14(2)15-7-16(22(24,25)26)9-17(8-15)23(27,28)29/h3-4,7-10,12,14H,5-6,11H2,1-2H3,(H,31,32,33). The lowest BCUT2D eigenvalue weighted by Crippen LogP contribution is -2.32. The van der Waals surface area contributed by atoms with Crippen LogP contribution in [0, 0.1) is 6.92 Å². The number of fused-ring (bicyclic) bond motifs is 1. The molecule has 0 saturated heterocycles. The van der Waals surface area contributed by atoms with E-state index in [2.05, 4.69) is 20.3 Å². The average molecular weight is 481 g/mol. The van der Waals surface area contributed by atoms with Gasteiger partial charge in [0.15, 0.2) is 0 Å². The Morgan fingerprint density at radius 1 is 0.941 bits per heavy atom. The monoisotopic (exact) mass is 481 g/mol. The first-order valence-electron chi connectivity index (χ1n) is 10.5. The van der Waals surface area contributed by atoms with Crippen molar-refractivity contribution < 1.29 is 26.3 Å². The fraction of sp³-hybridized carbons (Fsp3) is 0.348. The first-order valence-corrected chi connectivity index (χ1v) is 10.5. The van der Waals surface area contributed by atoms with E-state index >= 15 is 0 Å². The molecule has 0 aliphatic carbocycles. The minimum atomic E-state index is -4.91. The van der Waals surface area contributed by atoms with Crippen LogP contribution in [0.5, 0.6) is 0 Å². The predicted octanol–water partition coefficient (Wildman–Crippen LogP) is 5.95. The van der Waals surface area contributed by atoms with Crippen LogP contribution < -0.4 is 10.2 Å². The van der Waals surface area contributed by atoms with Crippen LogP contribution in [-0.4, -0.2) is 21.5 Å². The van der Waals surface area contributed by atoms with E-state index in [4.69, 9.17) is 0 Å². The number of aryl methyl sites for hydroxylation is 1. The summed E-state index contributed by atoms with van der Waals surface area (Å²) in [6.07, 6.45) is -6.14. The summed E-state index contributed by atoms with van der Waals surface area (Å²) in [7, 11) is 0. The second kappa shape index (κ2) is 8.77. The number of alkyl halides is 6. The summed E-state index contributed by atoms with van der Waals surface area (Å²) in [5.41, 5.74) is -0.346. The molecule has 180 valence electrons. The van der Waals surface area contributed by atoms with Gasteiger partial charge in [0.05, 0.1) is 16.8 Å². The zero-order valence-corrected chi connectivity index (χ0v) is 18.3. The molecule has 1 atom stereocenters. The Labute approximate surface area is 191 Å². The summed E-state index contributed by atoms with van der Waals surface area (Å²) >= 11 is 0. The van der Waals surface area contributed by atoms with Crippen molar-refractivity contribution in [1.29, 1.82) is 0 Å². The lowest BCUT2D eigenvalue weighted by Gasteiger charge is -2.31. The molecule has 1 aromatic carbocycles. The van der Waals surface area contributed by atoms with Crippen molar-refractivity contribution in [2.24, 2.45) is 0 Å². The molecular weight excluding hydrogens is 460 g/mol. The Hall–Kier alpha value is -3.37. The number of rotatable bonds is 4. The Balaban J connectivity index is 1.64. The summed E-state index contributed by atoms with van der Waals surface area (Å²) in [6.45, 7) is 4.49. The van der Waals surface area contributed by atoms with Gasteiger partial charge in [-0.1, -0.05) is 6.07 Å². The quantitative estimate of drug-likeness (QED) is 0.467. The van der Waals surface area contributed by atoms with Crippen LogP contribution in [0.1, 0.15) is 46.5 Å². The number of hydrogen-bond donors (Lipinski definition) is 1. The molecule has 0 radical (unpaired) electrons. The number of anilines is 2. The van der Waals surface area contributed by atoms with Gasteiger partial charge in [-0.05, 0) is 49.2 Å². The molecule has 0 fully saturated rings. The molecule has 0 saturated carbocycles. The predicted molar refractivity (Wildman–Crippen MR) is 114 cm³/mol. The van der Waals surface area contributed by atoms with Crippen LogP contribution in [0.3, 0.4) is 0 Å². The van der Waals surface area contributed by atoms with E-state index in [0.717, 1.165) is 34.8 Å². The molecular formula is C23H21F6N5. The molecule has 3 aromatic rings. The molecule has 0 spiro atoms. The highest BCUT2D eigenvalue weighted by molar-refractivity contribution is 5.53. The first-order chi connectivity index (χ1) is 15.9. The number of aromatic nitrogens is 3. The lowest BCUT2D eigenvalue weighted by atomic mass is 9.99. The summed E-state index contributed by atoms with van der Waals surface area (Å²) in [5.74, 6) is 1.12. The normalized spacial score (nSPS) is 15.1. The maximum absolute atomic E-state index is 13.3. The summed E-state index contributed by atoms with van der Waals surface area (Å²) in [5, 5.41) is 2.99. The number of hydrogen-bond acceptors (Lipinski definition) is 5. The number of nitrogens with zero attached hydrogens (tertiary/aromatic N) is 4. The van der Waals surface area contributed by atoms with E-state index in [1.54, 1.807) is 6.20 Å². The Morgan fingerprint density at radius 3 is 2.21 bits per heavy atom. The molecule has 34 heavy (non-hydrogen) atoms. The molecule has 11 heteroatoms. The Bertz CT molecular complexity index is 1140. The minimum absolute atomic E-state index is 0.120. The summed E-state index contributed by atoms with van der Waals surface area (Å²) in [4.78, 5) is 15.0. The van der Waals surface area contributed by atoms with Crippen molar-refractivity contribution in [3.63, 3.8) is 0 Å². The van der Waals surface area contributed by atoms with Crippen molar-refractivity contribution in [3.05, 3.63) is 76.4 Å². The van der Waals surface area contributed by atoms with Gasteiger partial charge in [-0.25, -0.2) is 15.0 Å². The van der Waals surface area contributed by atoms with Gasteiger partial charge >= 0.3 is 12.4 Å². The zero-order chi connectivity index (χ0) is 24.7. The van der Waals surface area contributed by atoms with Crippen LogP contribution in [0.4, 0.5) is 38.0 Å². The second-order valence-electron chi connectivity index (χ2n) is 8.22. The van der Waals surface area contributed by atoms with Gasteiger partial charge in [-0.3, -0.25) is 0 Å². The maximum atomic E-state index is 13.3. The van der Waals surface area contributed by atoms with E-state index < -0.39 is 29.5 Å². The number of pyridine rings is 1. The highest BCUT2D eigenvalue weighted by Gasteiger charge is 2.37. The fourth-order valence-corrected chi connectivity index (χ4v) is 3.83. The molecule has 1 aliphatic rings. The van der Waals surface area contributed by atoms with Crippen molar-refractivity contribution >= 4 is 11.6 Å². The first kappa shape index (κ1) is 23.8. The largest absolute Gasteiger partial charge is 0.416 e. The second-order valence-corrected chi connectivity index (χ2v) is 8.22. The van der Waals surface area contributed by atoms with Crippen molar-refractivity contribution in [2.45, 2.75) is 45.2 Å². The molecule has 0 amide bonds. The van der Waals surface area contributed by atoms with Gasteiger partial charge in [-0.15, -0.1) is 0 Å². The van der Waals surface area contributed by atoms with Crippen molar-refractivity contribution in [2.75, 3.05) is 16.8 Å². The van der Waals surface area contributed by atoms with Gasteiger partial charge in [-0.2, -0.15) is 26.3 Å². The van der Waals surface area contributed by atoms with Gasteiger partial charge in [0.2, 0.25) is 0 Å². The molecule has 1 N–H and O–H groups in total. The number of benzene rings is 1. The number of halogens is 6. The van der Waals surface area contributed by atoms with Crippen LogP contribution in [0.2, 0.25) is 0 Å². The van der Waals surface area contributed by atoms with E-state index in [0.29, 0.717) is 25.3 Å². The molecule has 2 aromatic heterocycles. The van der Waals surface area contributed by atoms with Gasteiger partial charge < -0.3 is 10.2 Å². The van der Waals surface area contributed by atoms with E-state index in [-0.39, 0.29) is 11.6 Å². The third-order valence-electron chi connectivity index (χ3n) is 5.69. The third-order valence-corrected chi connectivity index (χ3v) is 5.69. The Kier molecular flexibility index (Phi) is 6.13. The lowest BCUT2D eigenvalue weighted by molar-refractivity contribution is -0.143. The smallest absolute Gasteiger partial charge is 0.363 e. The summed E-state index contributed by atoms with van der Waals surface area (Å²) in [6, 6.07) is 4.52.